The van der Waals surface area contributed by atoms with Crippen LogP contribution in [0, 0.1) is 25.2 Å². The van der Waals surface area contributed by atoms with Crippen LogP contribution >= 0.6 is 11.6 Å². The van der Waals surface area contributed by atoms with Crippen LogP contribution in [0.1, 0.15) is 11.1 Å². The molecular weight excluding hydrogens is 338 g/mol. The Bertz CT molecular complexity index is 869. The number of rotatable bonds is 5. The summed E-state index contributed by atoms with van der Waals surface area (Å²) in [5, 5.41) is 15.5. The van der Waals surface area contributed by atoms with Gasteiger partial charge in [0.15, 0.2) is 0 Å². The van der Waals surface area contributed by atoms with Crippen molar-refractivity contribution in [3.05, 3.63) is 64.3 Å². The van der Waals surface area contributed by atoms with Gasteiger partial charge in [0.25, 0.3) is 5.91 Å². The van der Waals surface area contributed by atoms with Crippen molar-refractivity contribution in [2.45, 2.75) is 13.8 Å². The standard InChI is InChI=1S/C19H18ClN3O2/c1-12-7-8-18(25-3)17(9-12)22-11-14(10-21)19(24)23-16-6-4-5-15(20)13(16)2/h4-9,11,22H,1-3H3,(H,23,24)/b14-11-. The molecule has 128 valence electrons. The lowest BCUT2D eigenvalue weighted by molar-refractivity contribution is -0.112. The van der Waals surface area contributed by atoms with Crippen LogP contribution in [0.3, 0.4) is 0 Å². The van der Waals surface area contributed by atoms with E-state index in [0.29, 0.717) is 22.1 Å². The molecule has 0 heterocycles. The van der Waals surface area contributed by atoms with Gasteiger partial charge in [-0.3, -0.25) is 4.79 Å². The van der Waals surface area contributed by atoms with Crippen LogP contribution in [0.25, 0.3) is 0 Å². The Hall–Kier alpha value is -2.97. The van der Waals surface area contributed by atoms with Gasteiger partial charge in [-0.25, -0.2) is 0 Å². The second-order valence-corrected chi connectivity index (χ2v) is 5.79. The van der Waals surface area contributed by atoms with Crippen molar-refractivity contribution >= 4 is 28.9 Å². The highest BCUT2D eigenvalue weighted by Crippen LogP contribution is 2.26. The lowest BCUT2D eigenvalue weighted by atomic mass is 10.2. The number of aryl methyl sites for hydroxylation is 1. The van der Waals surface area contributed by atoms with E-state index in [2.05, 4.69) is 10.6 Å². The van der Waals surface area contributed by atoms with Gasteiger partial charge in [0.05, 0.1) is 12.8 Å². The monoisotopic (exact) mass is 355 g/mol. The topological polar surface area (TPSA) is 74.1 Å². The summed E-state index contributed by atoms with van der Waals surface area (Å²) < 4.78 is 5.26. The van der Waals surface area contributed by atoms with Crippen molar-refractivity contribution in [1.82, 2.24) is 0 Å². The molecule has 0 fully saturated rings. The molecule has 0 aliphatic carbocycles. The molecule has 0 unspecified atom stereocenters. The number of hydrogen-bond acceptors (Lipinski definition) is 4. The van der Waals surface area contributed by atoms with Crippen molar-refractivity contribution in [2.75, 3.05) is 17.7 Å². The molecule has 0 aliphatic heterocycles. The van der Waals surface area contributed by atoms with Gasteiger partial charge in [-0.2, -0.15) is 5.26 Å². The summed E-state index contributed by atoms with van der Waals surface area (Å²) in [5.41, 5.74) is 2.93. The largest absolute Gasteiger partial charge is 0.495 e. The van der Waals surface area contributed by atoms with Crippen molar-refractivity contribution in [1.29, 1.82) is 5.26 Å². The Morgan fingerprint density at radius 2 is 2.00 bits per heavy atom. The number of nitrogens with zero attached hydrogens (tertiary/aromatic N) is 1. The maximum Gasteiger partial charge on any atom is 0.267 e. The Morgan fingerprint density at radius 1 is 1.24 bits per heavy atom. The number of amides is 1. The molecule has 25 heavy (non-hydrogen) atoms. The fraction of sp³-hybridized carbons (Fsp3) is 0.158. The SMILES string of the molecule is COc1ccc(C)cc1N/C=C(/C#N)C(=O)Nc1cccc(Cl)c1C. The van der Waals surface area contributed by atoms with E-state index in [0.717, 1.165) is 11.1 Å². The quantitative estimate of drug-likeness (QED) is 0.615. The number of methoxy groups -OCH3 is 1. The molecule has 0 atom stereocenters. The minimum absolute atomic E-state index is 0.0667. The Balaban J connectivity index is 2.20. The van der Waals surface area contributed by atoms with Crippen LogP contribution in [-0.4, -0.2) is 13.0 Å². The molecule has 2 rings (SSSR count). The zero-order chi connectivity index (χ0) is 18.4. The van der Waals surface area contributed by atoms with E-state index in [1.54, 1.807) is 32.2 Å². The third kappa shape index (κ3) is 4.52. The summed E-state index contributed by atoms with van der Waals surface area (Å²) in [6.07, 6.45) is 1.35. The normalized spacial score (nSPS) is 10.8. The van der Waals surface area contributed by atoms with E-state index in [4.69, 9.17) is 16.3 Å². The van der Waals surface area contributed by atoms with Crippen molar-refractivity contribution < 1.29 is 9.53 Å². The molecule has 0 saturated heterocycles. The van der Waals surface area contributed by atoms with Gasteiger partial charge >= 0.3 is 0 Å². The number of benzene rings is 2. The molecule has 5 nitrogen and oxygen atoms in total. The van der Waals surface area contributed by atoms with Gasteiger partial charge in [0, 0.05) is 16.9 Å². The maximum absolute atomic E-state index is 12.3. The first-order valence-corrected chi connectivity index (χ1v) is 7.92. The first-order chi connectivity index (χ1) is 12.0. The summed E-state index contributed by atoms with van der Waals surface area (Å²) in [5.74, 6) is 0.0946. The zero-order valence-corrected chi connectivity index (χ0v) is 14.9. The number of nitrogens with one attached hydrogen (secondary N) is 2. The van der Waals surface area contributed by atoms with E-state index in [9.17, 15) is 10.1 Å². The minimum Gasteiger partial charge on any atom is -0.495 e. The Labute approximate surface area is 151 Å². The van der Waals surface area contributed by atoms with Gasteiger partial charge in [-0.1, -0.05) is 23.7 Å². The number of hydrogen-bond donors (Lipinski definition) is 2. The van der Waals surface area contributed by atoms with Crippen molar-refractivity contribution in [2.24, 2.45) is 0 Å². The second-order valence-electron chi connectivity index (χ2n) is 5.38. The smallest absolute Gasteiger partial charge is 0.267 e. The number of nitriles is 1. The molecular formula is C19H18ClN3O2. The fourth-order valence-corrected chi connectivity index (χ4v) is 2.34. The Kier molecular flexibility index (Phi) is 6.04. The predicted molar refractivity (Wildman–Crippen MR) is 99.9 cm³/mol. The third-order valence-corrected chi connectivity index (χ3v) is 4.02. The maximum atomic E-state index is 12.3. The van der Waals surface area contributed by atoms with Crippen LogP contribution in [0.5, 0.6) is 5.75 Å². The molecule has 0 saturated carbocycles. The Morgan fingerprint density at radius 3 is 2.68 bits per heavy atom. The number of halogens is 1. The predicted octanol–water partition coefficient (Wildman–Crippen LogP) is 4.42. The lowest BCUT2D eigenvalue weighted by Crippen LogP contribution is -2.15. The number of carbonyl (C=O) groups excluding carboxylic acids is 1. The zero-order valence-electron chi connectivity index (χ0n) is 14.2. The van der Waals surface area contributed by atoms with Crippen LogP contribution in [-0.2, 0) is 4.79 Å². The summed E-state index contributed by atoms with van der Waals surface area (Å²) in [4.78, 5) is 12.3. The number of ether oxygens (including phenoxy) is 1. The summed E-state index contributed by atoms with van der Waals surface area (Å²) >= 11 is 6.04. The van der Waals surface area contributed by atoms with Crippen LogP contribution < -0.4 is 15.4 Å². The lowest BCUT2D eigenvalue weighted by Gasteiger charge is -2.11. The van der Waals surface area contributed by atoms with Crippen LogP contribution in [0.15, 0.2) is 48.2 Å². The van der Waals surface area contributed by atoms with E-state index in [1.807, 2.05) is 31.2 Å². The van der Waals surface area contributed by atoms with Gasteiger partial charge in [-0.05, 0) is 49.2 Å². The van der Waals surface area contributed by atoms with Crippen LogP contribution in [0.4, 0.5) is 11.4 Å². The molecule has 2 aromatic rings. The summed E-state index contributed by atoms with van der Waals surface area (Å²) in [7, 11) is 1.55. The van der Waals surface area contributed by atoms with Gasteiger partial charge in [0.2, 0.25) is 0 Å². The van der Waals surface area contributed by atoms with E-state index in [1.165, 1.54) is 6.20 Å². The molecule has 0 aromatic heterocycles. The fourth-order valence-electron chi connectivity index (χ4n) is 2.17. The molecule has 1 amide bonds. The summed E-state index contributed by atoms with van der Waals surface area (Å²) in [6, 6.07) is 12.7. The second kappa shape index (κ2) is 8.22. The van der Waals surface area contributed by atoms with Gasteiger partial charge in [-0.15, -0.1) is 0 Å². The number of carbonyl (C=O) groups is 1. The third-order valence-electron chi connectivity index (χ3n) is 3.61. The van der Waals surface area contributed by atoms with Crippen molar-refractivity contribution in [3.8, 4) is 11.8 Å². The summed E-state index contributed by atoms with van der Waals surface area (Å²) in [6.45, 7) is 3.73. The molecule has 0 radical (unpaired) electrons. The molecule has 0 bridgehead atoms. The molecule has 2 aromatic carbocycles. The van der Waals surface area contributed by atoms with E-state index >= 15 is 0 Å². The average molecular weight is 356 g/mol. The first kappa shape index (κ1) is 18.4. The van der Waals surface area contributed by atoms with E-state index in [-0.39, 0.29) is 5.57 Å². The highest BCUT2D eigenvalue weighted by molar-refractivity contribution is 6.31. The highest BCUT2D eigenvalue weighted by Gasteiger charge is 2.12. The minimum atomic E-state index is -0.521. The highest BCUT2D eigenvalue weighted by atomic mass is 35.5. The molecule has 0 spiro atoms. The van der Waals surface area contributed by atoms with Gasteiger partial charge < -0.3 is 15.4 Å². The average Bonchev–Trinajstić information content (AvgIpc) is 2.59. The molecule has 6 heteroatoms. The van der Waals surface area contributed by atoms with Gasteiger partial charge in [0.1, 0.15) is 17.4 Å². The first-order valence-electron chi connectivity index (χ1n) is 7.54. The molecule has 0 aliphatic rings. The van der Waals surface area contributed by atoms with Crippen molar-refractivity contribution in [3.63, 3.8) is 0 Å². The van der Waals surface area contributed by atoms with E-state index < -0.39 is 5.91 Å². The molecule has 2 N–H and O–H groups in total. The number of anilines is 2. The van der Waals surface area contributed by atoms with Crippen LogP contribution in [0.2, 0.25) is 5.02 Å².